The first-order valence-electron chi connectivity index (χ1n) is 7.41. The largest absolute Gasteiger partial charge is 0.388 e. The van der Waals surface area contributed by atoms with E-state index in [9.17, 15) is 9.90 Å². The van der Waals surface area contributed by atoms with Gasteiger partial charge in [0.25, 0.3) is 5.91 Å². The zero-order valence-corrected chi connectivity index (χ0v) is 12.2. The molecule has 0 bridgehead atoms. The van der Waals surface area contributed by atoms with Crippen LogP contribution in [0.4, 0.5) is 0 Å². The van der Waals surface area contributed by atoms with Crippen molar-refractivity contribution in [2.24, 2.45) is 0 Å². The third-order valence-corrected chi connectivity index (χ3v) is 4.29. The molecule has 0 unspecified atom stereocenters. The summed E-state index contributed by atoms with van der Waals surface area (Å²) in [6.45, 7) is 0.391. The molecule has 4 heteroatoms. The maximum absolute atomic E-state index is 12.7. The molecule has 1 amide bonds. The van der Waals surface area contributed by atoms with E-state index in [0.717, 1.165) is 36.6 Å². The van der Waals surface area contributed by atoms with Crippen molar-refractivity contribution in [3.05, 3.63) is 42.1 Å². The molecule has 0 spiro atoms. The van der Waals surface area contributed by atoms with Crippen LogP contribution in [0.5, 0.6) is 0 Å². The predicted octanol–water partition coefficient (Wildman–Crippen LogP) is 2.61. The van der Waals surface area contributed by atoms with E-state index >= 15 is 0 Å². The lowest BCUT2D eigenvalue weighted by Crippen LogP contribution is -2.42. The Kier molecular flexibility index (Phi) is 3.64. The normalized spacial score (nSPS) is 17.0. The highest BCUT2D eigenvalue weighted by molar-refractivity contribution is 6.05. The summed E-state index contributed by atoms with van der Waals surface area (Å²) < 4.78 is 0. The summed E-state index contributed by atoms with van der Waals surface area (Å²) in [6, 6.07) is 9.38. The topological polar surface area (TPSA) is 53.4 Å². The van der Waals surface area contributed by atoms with Crippen LogP contribution in [-0.4, -0.2) is 40.1 Å². The molecule has 3 rings (SSSR count). The van der Waals surface area contributed by atoms with E-state index in [1.807, 2.05) is 24.3 Å². The SMILES string of the molecule is CN(CC1(O)CCCC1)C(=O)c1ccnc2ccccc12. The number of amides is 1. The van der Waals surface area contributed by atoms with Crippen molar-refractivity contribution in [3.63, 3.8) is 0 Å². The van der Waals surface area contributed by atoms with Gasteiger partial charge in [-0.1, -0.05) is 31.0 Å². The summed E-state index contributed by atoms with van der Waals surface area (Å²) in [5, 5.41) is 11.3. The second-order valence-corrected chi connectivity index (χ2v) is 5.97. The summed E-state index contributed by atoms with van der Waals surface area (Å²) in [5.41, 5.74) is 0.744. The first kappa shape index (κ1) is 14.0. The number of carbonyl (C=O) groups is 1. The first-order chi connectivity index (χ1) is 10.1. The van der Waals surface area contributed by atoms with Crippen molar-refractivity contribution in [1.82, 2.24) is 9.88 Å². The lowest BCUT2D eigenvalue weighted by Gasteiger charge is -2.28. The van der Waals surface area contributed by atoms with Gasteiger partial charge in [-0.2, -0.15) is 0 Å². The molecule has 2 aromatic rings. The van der Waals surface area contributed by atoms with E-state index in [-0.39, 0.29) is 5.91 Å². The van der Waals surface area contributed by atoms with Gasteiger partial charge in [0.2, 0.25) is 0 Å². The quantitative estimate of drug-likeness (QED) is 0.942. The van der Waals surface area contributed by atoms with Crippen molar-refractivity contribution < 1.29 is 9.90 Å². The van der Waals surface area contributed by atoms with Crippen molar-refractivity contribution >= 4 is 16.8 Å². The zero-order chi connectivity index (χ0) is 14.9. The molecule has 21 heavy (non-hydrogen) atoms. The molecule has 1 saturated carbocycles. The van der Waals surface area contributed by atoms with E-state index in [4.69, 9.17) is 0 Å². The summed E-state index contributed by atoms with van der Waals surface area (Å²) in [6.07, 6.45) is 5.30. The number of aliphatic hydroxyl groups is 1. The molecule has 110 valence electrons. The van der Waals surface area contributed by atoms with E-state index in [1.165, 1.54) is 0 Å². The number of pyridine rings is 1. The Balaban J connectivity index is 1.86. The molecular formula is C17H20N2O2. The van der Waals surface area contributed by atoms with Gasteiger partial charge in [0.1, 0.15) is 0 Å². The number of likely N-dealkylation sites (N-methyl/N-ethyl adjacent to an activating group) is 1. The molecule has 1 aromatic carbocycles. The molecule has 0 aliphatic heterocycles. The smallest absolute Gasteiger partial charge is 0.254 e. The fourth-order valence-corrected chi connectivity index (χ4v) is 3.19. The van der Waals surface area contributed by atoms with Gasteiger partial charge in [0.15, 0.2) is 0 Å². The standard InChI is InChI=1S/C17H20N2O2/c1-19(12-17(21)9-4-5-10-17)16(20)14-8-11-18-15-7-3-2-6-13(14)15/h2-3,6-8,11,21H,4-5,9-10,12H2,1H3. The molecule has 1 aliphatic rings. The number of fused-ring (bicyclic) bond motifs is 1. The predicted molar refractivity (Wildman–Crippen MR) is 82.1 cm³/mol. The van der Waals surface area contributed by atoms with Crippen LogP contribution in [0.1, 0.15) is 36.0 Å². The molecule has 1 N–H and O–H groups in total. The van der Waals surface area contributed by atoms with E-state index in [1.54, 1.807) is 24.2 Å². The average Bonchev–Trinajstić information content (AvgIpc) is 2.92. The van der Waals surface area contributed by atoms with Crippen LogP contribution < -0.4 is 0 Å². The van der Waals surface area contributed by atoms with Crippen LogP contribution in [0.3, 0.4) is 0 Å². The highest BCUT2D eigenvalue weighted by atomic mass is 16.3. The first-order valence-corrected chi connectivity index (χ1v) is 7.41. The van der Waals surface area contributed by atoms with Crippen molar-refractivity contribution in [3.8, 4) is 0 Å². The number of aromatic nitrogens is 1. The summed E-state index contributed by atoms with van der Waals surface area (Å²) >= 11 is 0. The van der Waals surface area contributed by atoms with Gasteiger partial charge in [-0.3, -0.25) is 9.78 Å². The number of benzene rings is 1. The average molecular weight is 284 g/mol. The Labute approximate surface area is 124 Å². The number of carbonyl (C=O) groups excluding carboxylic acids is 1. The number of rotatable bonds is 3. The van der Waals surface area contributed by atoms with Crippen molar-refractivity contribution in [1.29, 1.82) is 0 Å². The Hall–Kier alpha value is -1.94. The van der Waals surface area contributed by atoms with Crippen LogP contribution in [0, 0.1) is 0 Å². The molecule has 1 aromatic heterocycles. The Morgan fingerprint density at radius 1 is 1.29 bits per heavy atom. The lowest BCUT2D eigenvalue weighted by molar-refractivity contribution is 0.0157. The minimum Gasteiger partial charge on any atom is -0.388 e. The number of hydrogen-bond donors (Lipinski definition) is 1. The van der Waals surface area contributed by atoms with Gasteiger partial charge < -0.3 is 10.0 Å². The van der Waals surface area contributed by atoms with Crippen LogP contribution in [0.25, 0.3) is 10.9 Å². The molecular weight excluding hydrogens is 264 g/mol. The minimum absolute atomic E-state index is 0.0612. The van der Waals surface area contributed by atoms with Crippen LogP contribution >= 0.6 is 0 Å². The van der Waals surface area contributed by atoms with Gasteiger partial charge in [-0.05, 0) is 25.0 Å². The Morgan fingerprint density at radius 2 is 2.00 bits per heavy atom. The fraction of sp³-hybridized carbons (Fsp3) is 0.412. The third kappa shape index (κ3) is 2.76. The van der Waals surface area contributed by atoms with Gasteiger partial charge in [0.05, 0.1) is 16.7 Å². The number of para-hydroxylation sites is 1. The second kappa shape index (κ2) is 5.45. The zero-order valence-electron chi connectivity index (χ0n) is 12.2. The highest BCUT2D eigenvalue weighted by Gasteiger charge is 2.33. The molecule has 0 saturated heterocycles. The monoisotopic (exact) mass is 284 g/mol. The maximum atomic E-state index is 12.7. The molecule has 0 atom stereocenters. The van der Waals surface area contributed by atoms with E-state index in [0.29, 0.717) is 12.1 Å². The Bertz CT molecular complexity index is 657. The van der Waals surface area contributed by atoms with Crippen molar-refractivity contribution in [2.75, 3.05) is 13.6 Å². The summed E-state index contributed by atoms with van der Waals surface area (Å²) in [4.78, 5) is 18.6. The maximum Gasteiger partial charge on any atom is 0.254 e. The van der Waals surface area contributed by atoms with Crippen molar-refractivity contribution in [2.45, 2.75) is 31.3 Å². The number of hydrogen-bond acceptors (Lipinski definition) is 3. The fourth-order valence-electron chi connectivity index (χ4n) is 3.19. The van der Waals surface area contributed by atoms with Gasteiger partial charge in [0, 0.05) is 25.2 Å². The van der Waals surface area contributed by atoms with E-state index < -0.39 is 5.60 Å². The van der Waals surface area contributed by atoms with Crippen LogP contribution in [0.15, 0.2) is 36.5 Å². The number of nitrogens with zero attached hydrogens (tertiary/aromatic N) is 2. The highest BCUT2D eigenvalue weighted by Crippen LogP contribution is 2.30. The van der Waals surface area contributed by atoms with Crippen LogP contribution in [-0.2, 0) is 0 Å². The molecule has 4 nitrogen and oxygen atoms in total. The molecule has 1 heterocycles. The van der Waals surface area contributed by atoms with Gasteiger partial charge >= 0.3 is 0 Å². The lowest BCUT2D eigenvalue weighted by atomic mass is 10.0. The molecule has 1 aliphatic carbocycles. The summed E-state index contributed by atoms with van der Waals surface area (Å²) in [7, 11) is 1.76. The second-order valence-electron chi connectivity index (χ2n) is 5.97. The Morgan fingerprint density at radius 3 is 2.76 bits per heavy atom. The van der Waals surface area contributed by atoms with E-state index in [2.05, 4.69) is 4.98 Å². The molecule has 0 radical (unpaired) electrons. The summed E-state index contributed by atoms with van der Waals surface area (Å²) in [5.74, 6) is -0.0612. The minimum atomic E-state index is -0.715. The van der Waals surface area contributed by atoms with Gasteiger partial charge in [-0.15, -0.1) is 0 Å². The van der Waals surface area contributed by atoms with Gasteiger partial charge in [-0.25, -0.2) is 0 Å². The molecule has 1 fully saturated rings. The van der Waals surface area contributed by atoms with Crippen LogP contribution in [0.2, 0.25) is 0 Å². The third-order valence-electron chi connectivity index (χ3n) is 4.29.